The molecule has 0 spiro atoms. The second-order valence-corrected chi connectivity index (χ2v) is 10.3. The first-order chi connectivity index (χ1) is 15.7. The number of piperazine rings is 1. The van der Waals surface area contributed by atoms with Crippen LogP contribution in [0, 0.1) is 18.6 Å². The standard InChI is InChI=1S/C23H25F2N3O4S/c1-16-2-4-17(5-3-16)15-26-12-13-28(23(30)22(26)29)19-8-10-27(11-9-19)33(31,32)21-14-18(24)6-7-20(21)25/h2-7,14,19H,8-13,15H2,1H3. The van der Waals surface area contributed by atoms with Crippen molar-refractivity contribution < 1.29 is 26.8 Å². The van der Waals surface area contributed by atoms with Gasteiger partial charge in [-0.05, 0) is 43.5 Å². The summed E-state index contributed by atoms with van der Waals surface area (Å²) in [5, 5.41) is 0. The number of carbonyl (C=O) groups excluding carboxylic acids is 2. The Morgan fingerprint density at radius 1 is 0.909 bits per heavy atom. The third-order valence-electron chi connectivity index (χ3n) is 6.21. The maximum Gasteiger partial charge on any atom is 0.312 e. The minimum atomic E-state index is -4.20. The van der Waals surface area contributed by atoms with E-state index in [0.29, 0.717) is 38.5 Å². The Morgan fingerprint density at radius 3 is 2.24 bits per heavy atom. The highest BCUT2D eigenvalue weighted by molar-refractivity contribution is 7.89. The van der Waals surface area contributed by atoms with Crippen molar-refractivity contribution in [1.29, 1.82) is 0 Å². The first-order valence-electron chi connectivity index (χ1n) is 10.8. The van der Waals surface area contributed by atoms with Crippen LogP contribution >= 0.6 is 0 Å². The molecule has 176 valence electrons. The Balaban J connectivity index is 1.38. The fraction of sp³-hybridized carbons (Fsp3) is 0.391. The van der Waals surface area contributed by atoms with Crippen molar-refractivity contribution in [3.05, 3.63) is 65.2 Å². The van der Waals surface area contributed by atoms with E-state index < -0.39 is 38.4 Å². The fourth-order valence-corrected chi connectivity index (χ4v) is 5.86. The van der Waals surface area contributed by atoms with Crippen molar-refractivity contribution in [3.8, 4) is 0 Å². The molecule has 0 atom stereocenters. The van der Waals surface area contributed by atoms with E-state index in [1.54, 1.807) is 0 Å². The highest BCUT2D eigenvalue weighted by Gasteiger charge is 2.39. The van der Waals surface area contributed by atoms with Crippen LogP contribution in [-0.4, -0.2) is 66.6 Å². The Bertz CT molecular complexity index is 1160. The lowest BCUT2D eigenvalue weighted by molar-refractivity contribution is -0.158. The molecule has 2 fully saturated rings. The van der Waals surface area contributed by atoms with Gasteiger partial charge < -0.3 is 9.80 Å². The van der Waals surface area contributed by atoms with Crippen molar-refractivity contribution in [2.75, 3.05) is 26.2 Å². The van der Waals surface area contributed by atoms with Gasteiger partial charge in [0.2, 0.25) is 10.0 Å². The van der Waals surface area contributed by atoms with Crippen molar-refractivity contribution in [2.45, 2.75) is 37.2 Å². The number of amides is 2. The van der Waals surface area contributed by atoms with Gasteiger partial charge >= 0.3 is 11.8 Å². The number of aryl methyl sites for hydroxylation is 1. The van der Waals surface area contributed by atoms with E-state index in [1.807, 2.05) is 31.2 Å². The quantitative estimate of drug-likeness (QED) is 0.620. The van der Waals surface area contributed by atoms with Crippen LogP contribution in [-0.2, 0) is 26.2 Å². The number of nitrogens with zero attached hydrogens (tertiary/aromatic N) is 3. The predicted octanol–water partition coefficient (Wildman–Crippen LogP) is 2.30. The molecule has 0 N–H and O–H groups in total. The molecule has 7 nitrogen and oxygen atoms in total. The summed E-state index contributed by atoms with van der Waals surface area (Å²) in [4.78, 5) is 27.8. The lowest BCUT2D eigenvalue weighted by Gasteiger charge is -2.41. The Morgan fingerprint density at radius 2 is 1.58 bits per heavy atom. The van der Waals surface area contributed by atoms with Crippen LogP contribution in [0.2, 0.25) is 0 Å². The molecule has 2 saturated heterocycles. The summed E-state index contributed by atoms with van der Waals surface area (Å²) in [5.74, 6) is -3.01. The second kappa shape index (κ2) is 9.18. The highest BCUT2D eigenvalue weighted by atomic mass is 32.2. The molecule has 10 heteroatoms. The van der Waals surface area contributed by atoms with Gasteiger partial charge in [0.1, 0.15) is 16.5 Å². The molecule has 2 heterocycles. The molecule has 2 aliphatic heterocycles. The lowest BCUT2D eigenvalue weighted by atomic mass is 10.0. The van der Waals surface area contributed by atoms with Crippen molar-refractivity contribution in [2.24, 2.45) is 0 Å². The number of rotatable bonds is 5. The molecule has 0 radical (unpaired) electrons. The third kappa shape index (κ3) is 4.77. The van der Waals surface area contributed by atoms with Crippen LogP contribution in [0.5, 0.6) is 0 Å². The minimum absolute atomic E-state index is 0.0496. The van der Waals surface area contributed by atoms with Gasteiger partial charge in [-0.1, -0.05) is 29.8 Å². The molecule has 4 rings (SSSR count). The molecule has 2 aromatic rings. The number of sulfonamides is 1. The van der Waals surface area contributed by atoms with Crippen LogP contribution < -0.4 is 0 Å². The molecule has 0 aliphatic carbocycles. The van der Waals surface area contributed by atoms with Gasteiger partial charge in [0, 0.05) is 38.8 Å². The number of piperidine rings is 1. The van der Waals surface area contributed by atoms with E-state index >= 15 is 0 Å². The zero-order valence-electron chi connectivity index (χ0n) is 18.2. The molecule has 0 unspecified atom stereocenters. The van der Waals surface area contributed by atoms with E-state index in [4.69, 9.17) is 0 Å². The zero-order valence-corrected chi connectivity index (χ0v) is 19.0. The van der Waals surface area contributed by atoms with Gasteiger partial charge in [-0.15, -0.1) is 0 Å². The van der Waals surface area contributed by atoms with Crippen LogP contribution in [0.4, 0.5) is 8.78 Å². The van der Waals surface area contributed by atoms with Gasteiger partial charge in [-0.25, -0.2) is 17.2 Å². The van der Waals surface area contributed by atoms with Crippen LogP contribution in [0.15, 0.2) is 47.4 Å². The fourth-order valence-electron chi connectivity index (χ4n) is 4.31. The SMILES string of the molecule is Cc1ccc(CN2CCN(C3CCN(S(=O)(=O)c4cc(F)ccc4F)CC3)C(=O)C2=O)cc1. The molecule has 0 aromatic heterocycles. The molecule has 2 aliphatic rings. The summed E-state index contributed by atoms with van der Waals surface area (Å²) in [7, 11) is -4.20. The van der Waals surface area contributed by atoms with E-state index in [1.165, 1.54) is 9.80 Å². The molecule has 2 aromatic carbocycles. The monoisotopic (exact) mass is 477 g/mol. The maximum absolute atomic E-state index is 14.0. The second-order valence-electron chi connectivity index (χ2n) is 8.42. The maximum atomic E-state index is 14.0. The zero-order chi connectivity index (χ0) is 23.8. The smallest absolute Gasteiger partial charge is 0.312 e. The molecule has 33 heavy (non-hydrogen) atoms. The molecular formula is C23H25F2N3O4S. The third-order valence-corrected chi connectivity index (χ3v) is 8.12. The van der Waals surface area contributed by atoms with E-state index in [9.17, 15) is 26.8 Å². The van der Waals surface area contributed by atoms with Gasteiger partial charge in [0.05, 0.1) is 0 Å². The molecule has 0 saturated carbocycles. The van der Waals surface area contributed by atoms with Gasteiger partial charge in [-0.3, -0.25) is 9.59 Å². The normalized spacial score (nSPS) is 18.8. The first-order valence-corrected chi connectivity index (χ1v) is 12.2. The highest BCUT2D eigenvalue weighted by Crippen LogP contribution is 2.26. The number of halogens is 2. The number of benzene rings is 2. The van der Waals surface area contributed by atoms with Crippen molar-refractivity contribution in [1.82, 2.24) is 14.1 Å². The molecular weight excluding hydrogens is 452 g/mol. The topological polar surface area (TPSA) is 78.0 Å². The Labute approximate surface area is 191 Å². The predicted molar refractivity (Wildman–Crippen MR) is 116 cm³/mol. The largest absolute Gasteiger partial charge is 0.330 e. The summed E-state index contributed by atoms with van der Waals surface area (Å²) >= 11 is 0. The van der Waals surface area contributed by atoms with Crippen LogP contribution in [0.1, 0.15) is 24.0 Å². The molecule has 2 amide bonds. The summed E-state index contributed by atoms with van der Waals surface area (Å²) in [5.41, 5.74) is 2.05. The van der Waals surface area contributed by atoms with E-state index in [-0.39, 0.29) is 19.1 Å². The van der Waals surface area contributed by atoms with Crippen molar-refractivity contribution in [3.63, 3.8) is 0 Å². The summed E-state index contributed by atoms with van der Waals surface area (Å²) in [6, 6.07) is 9.80. The molecule has 0 bridgehead atoms. The Hall–Kier alpha value is -2.85. The summed E-state index contributed by atoms with van der Waals surface area (Å²) in [6.07, 6.45) is 0.625. The van der Waals surface area contributed by atoms with E-state index in [0.717, 1.165) is 27.6 Å². The van der Waals surface area contributed by atoms with Crippen LogP contribution in [0.25, 0.3) is 0 Å². The number of carbonyl (C=O) groups is 2. The Kier molecular flexibility index (Phi) is 6.49. The van der Waals surface area contributed by atoms with Gasteiger partial charge in [0.15, 0.2) is 0 Å². The van der Waals surface area contributed by atoms with E-state index in [2.05, 4.69) is 0 Å². The number of hydrogen-bond donors (Lipinski definition) is 0. The van der Waals surface area contributed by atoms with Crippen LogP contribution in [0.3, 0.4) is 0 Å². The van der Waals surface area contributed by atoms with Gasteiger partial charge in [0.25, 0.3) is 0 Å². The average molecular weight is 478 g/mol. The van der Waals surface area contributed by atoms with Crippen molar-refractivity contribution >= 4 is 21.8 Å². The van der Waals surface area contributed by atoms with Gasteiger partial charge in [-0.2, -0.15) is 4.31 Å². The summed E-state index contributed by atoms with van der Waals surface area (Å²) in [6.45, 7) is 3.19. The number of hydrogen-bond acceptors (Lipinski definition) is 4. The summed E-state index contributed by atoms with van der Waals surface area (Å²) < 4.78 is 54.2. The average Bonchev–Trinajstić information content (AvgIpc) is 2.80. The minimum Gasteiger partial charge on any atom is -0.330 e. The lowest BCUT2D eigenvalue weighted by Crippen LogP contribution is -2.58. The first kappa shape index (κ1) is 23.3.